The quantitative estimate of drug-likeness (QED) is 0.628. The Bertz CT molecular complexity index is 200. The molecule has 3 nitrogen and oxygen atoms in total. The van der Waals surface area contributed by atoms with Crippen molar-refractivity contribution in [3.05, 3.63) is 0 Å². The van der Waals surface area contributed by atoms with Gasteiger partial charge in [0.25, 0.3) is 0 Å². The molecule has 1 saturated carbocycles. The fourth-order valence-corrected chi connectivity index (χ4v) is 1.78. The molecule has 3 heteroatoms. The number of amides is 1. The standard InChI is InChI=1S/C12H24N2O/c1-4-11(9(2)3)13-7-8-14-12(15)10-5-6-10/h9-11,13H,4-8H2,1-3H3,(H,14,15)/t11-/m1/s1. The number of carbonyl (C=O) groups is 1. The Hall–Kier alpha value is -0.570. The lowest BCUT2D eigenvalue weighted by molar-refractivity contribution is -0.122. The highest BCUT2D eigenvalue weighted by molar-refractivity contribution is 5.80. The molecule has 1 aliphatic carbocycles. The summed E-state index contributed by atoms with van der Waals surface area (Å²) >= 11 is 0. The first-order valence-corrected chi connectivity index (χ1v) is 6.16. The van der Waals surface area contributed by atoms with Crippen LogP contribution in [0.25, 0.3) is 0 Å². The van der Waals surface area contributed by atoms with E-state index in [0.717, 1.165) is 32.4 Å². The lowest BCUT2D eigenvalue weighted by atomic mass is 10.0. The van der Waals surface area contributed by atoms with Gasteiger partial charge in [0, 0.05) is 25.0 Å². The van der Waals surface area contributed by atoms with Crippen molar-refractivity contribution in [2.45, 2.75) is 46.1 Å². The lowest BCUT2D eigenvalue weighted by Crippen LogP contribution is -2.39. The molecule has 0 heterocycles. The lowest BCUT2D eigenvalue weighted by Gasteiger charge is -2.20. The first kappa shape index (κ1) is 12.5. The van der Waals surface area contributed by atoms with Gasteiger partial charge < -0.3 is 10.6 Å². The topological polar surface area (TPSA) is 41.1 Å². The van der Waals surface area contributed by atoms with Crippen LogP contribution in [-0.2, 0) is 4.79 Å². The zero-order valence-corrected chi connectivity index (χ0v) is 10.2. The Morgan fingerprint density at radius 2 is 2.00 bits per heavy atom. The summed E-state index contributed by atoms with van der Waals surface area (Å²) in [6.07, 6.45) is 3.32. The molecule has 1 fully saturated rings. The van der Waals surface area contributed by atoms with Crippen molar-refractivity contribution in [2.24, 2.45) is 11.8 Å². The van der Waals surface area contributed by atoms with Crippen LogP contribution in [0.4, 0.5) is 0 Å². The zero-order valence-electron chi connectivity index (χ0n) is 10.2. The van der Waals surface area contributed by atoms with E-state index in [1.54, 1.807) is 0 Å². The van der Waals surface area contributed by atoms with E-state index in [1.165, 1.54) is 0 Å². The van der Waals surface area contributed by atoms with Gasteiger partial charge in [-0.05, 0) is 25.2 Å². The van der Waals surface area contributed by atoms with E-state index in [9.17, 15) is 4.79 Å². The van der Waals surface area contributed by atoms with Gasteiger partial charge in [-0.2, -0.15) is 0 Å². The number of hydrogen-bond acceptors (Lipinski definition) is 2. The summed E-state index contributed by atoms with van der Waals surface area (Å²) < 4.78 is 0. The van der Waals surface area contributed by atoms with Gasteiger partial charge in [0.05, 0.1) is 0 Å². The van der Waals surface area contributed by atoms with Gasteiger partial charge in [-0.3, -0.25) is 4.79 Å². The van der Waals surface area contributed by atoms with Gasteiger partial charge >= 0.3 is 0 Å². The minimum atomic E-state index is 0.245. The third-order valence-corrected chi connectivity index (χ3v) is 3.02. The molecule has 1 rings (SSSR count). The predicted octanol–water partition coefficient (Wildman–Crippen LogP) is 1.54. The molecular weight excluding hydrogens is 188 g/mol. The van der Waals surface area contributed by atoms with Crippen molar-refractivity contribution in [1.82, 2.24) is 10.6 Å². The van der Waals surface area contributed by atoms with Crippen LogP contribution >= 0.6 is 0 Å². The van der Waals surface area contributed by atoms with E-state index < -0.39 is 0 Å². The Kier molecular flexibility index (Phi) is 5.09. The summed E-state index contributed by atoms with van der Waals surface area (Å²) in [5.41, 5.74) is 0. The van der Waals surface area contributed by atoms with Crippen molar-refractivity contribution in [2.75, 3.05) is 13.1 Å². The van der Waals surface area contributed by atoms with Crippen molar-refractivity contribution in [3.63, 3.8) is 0 Å². The third kappa shape index (κ3) is 4.65. The van der Waals surface area contributed by atoms with Crippen molar-refractivity contribution >= 4 is 5.91 Å². The fourth-order valence-electron chi connectivity index (χ4n) is 1.78. The molecule has 2 N–H and O–H groups in total. The van der Waals surface area contributed by atoms with Crippen LogP contribution in [0.2, 0.25) is 0 Å². The van der Waals surface area contributed by atoms with Crippen LogP contribution < -0.4 is 10.6 Å². The van der Waals surface area contributed by atoms with Crippen molar-refractivity contribution < 1.29 is 4.79 Å². The summed E-state index contributed by atoms with van der Waals surface area (Å²) in [6.45, 7) is 8.29. The smallest absolute Gasteiger partial charge is 0.223 e. The van der Waals surface area contributed by atoms with E-state index in [0.29, 0.717) is 17.9 Å². The first-order chi connectivity index (χ1) is 7.15. The summed E-state index contributed by atoms with van der Waals surface area (Å²) in [7, 11) is 0. The van der Waals surface area contributed by atoms with Gasteiger partial charge in [-0.15, -0.1) is 0 Å². The average molecular weight is 212 g/mol. The molecule has 0 aliphatic heterocycles. The molecule has 0 unspecified atom stereocenters. The zero-order chi connectivity index (χ0) is 11.3. The summed E-state index contributed by atoms with van der Waals surface area (Å²) in [4.78, 5) is 11.3. The summed E-state index contributed by atoms with van der Waals surface area (Å²) in [6, 6.07) is 0.572. The number of hydrogen-bond donors (Lipinski definition) is 2. The van der Waals surface area contributed by atoms with E-state index in [4.69, 9.17) is 0 Å². The normalized spacial score (nSPS) is 17.9. The SMILES string of the molecule is CC[C@@H](NCCNC(=O)C1CC1)C(C)C. The second kappa shape index (κ2) is 6.11. The number of rotatable bonds is 7. The van der Waals surface area contributed by atoms with Crippen LogP contribution in [0.1, 0.15) is 40.0 Å². The van der Waals surface area contributed by atoms with Crippen LogP contribution in [0, 0.1) is 11.8 Å². The highest BCUT2D eigenvalue weighted by Crippen LogP contribution is 2.28. The molecule has 1 atom stereocenters. The maximum atomic E-state index is 11.3. The third-order valence-electron chi connectivity index (χ3n) is 3.02. The molecule has 0 saturated heterocycles. The first-order valence-electron chi connectivity index (χ1n) is 6.16. The highest BCUT2D eigenvalue weighted by atomic mass is 16.2. The molecule has 15 heavy (non-hydrogen) atoms. The average Bonchev–Trinajstić information content (AvgIpc) is 3.00. The monoisotopic (exact) mass is 212 g/mol. The van der Waals surface area contributed by atoms with Crippen molar-refractivity contribution in [1.29, 1.82) is 0 Å². The van der Waals surface area contributed by atoms with E-state index in [1.807, 2.05) is 0 Å². The van der Waals surface area contributed by atoms with Gasteiger partial charge in [0.15, 0.2) is 0 Å². The minimum absolute atomic E-state index is 0.245. The van der Waals surface area contributed by atoms with E-state index >= 15 is 0 Å². The largest absolute Gasteiger partial charge is 0.355 e. The van der Waals surface area contributed by atoms with Gasteiger partial charge in [0.2, 0.25) is 5.91 Å². The molecular formula is C12H24N2O. The molecule has 1 aliphatic rings. The van der Waals surface area contributed by atoms with E-state index in [2.05, 4.69) is 31.4 Å². The molecule has 0 spiro atoms. The molecule has 0 aromatic rings. The molecule has 0 radical (unpaired) electrons. The second-order valence-electron chi connectivity index (χ2n) is 4.78. The summed E-state index contributed by atoms with van der Waals surface area (Å²) in [5, 5.41) is 6.43. The molecule has 0 bridgehead atoms. The molecule has 1 amide bonds. The molecule has 88 valence electrons. The number of carbonyl (C=O) groups excluding carboxylic acids is 1. The Labute approximate surface area is 93.0 Å². The van der Waals surface area contributed by atoms with Crippen molar-refractivity contribution in [3.8, 4) is 0 Å². The second-order valence-corrected chi connectivity index (χ2v) is 4.78. The minimum Gasteiger partial charge on any atom is -0.355 e. The molecule has 0 aromatic heterocycles. The van der Waals surface area contributed by atoms with E-state index in [-0.39, 0.29) is 5.91 Å². The van der Waals surface area contributed by atoms with Gasteiger partial charge in [-0.25, -0.2) is 0 Å². The van der Waals surface area contributed by atoms with Crippen LogP contribution in [-0.4, -0.2) is 25.0 Å². The van der Waals surface area contributed by atoms with Gasteiger partial charge in [-0.1, -0.05) is 20.8 Å². The maximum absolute atomic E-state index is 11.3. The molecule has 0 aromatic carbocycles. The van der Waals surface area contributed by atoms with Crippen LogP contribution in [0.5, 0.6) is 0 Å². The van der Waals surface area contributed by atoms with Crippen LogP contribution in [0.3, 0.4) is 0 Å². The highest BCUT2D eigenvalue weighted by Gasteiger charge is 2.28. The number of nitrogens with one attached hydrogen (secondary N) is 2. The Morgan fingerprint density at radius 1 is 1.33 bits per heavy atom. The predicted molar refractivity (Wildman–Crippen MR) is 62.7 cm³/mol. The van der Waals surface area contributed by atoms with Crippen LogP contribution in [0.15, 0.2) is 0 Å². The Morgan fingerprint density at radius 3 is 2.47 bits per heavy atom. The summed E-state index contributed by atoms with van der Waals surface area (Å²) in [5.74, 6) is 1.24. The maximum Gasteiger partial charge on any atom is 0.223 e. The Balaban J connectivity index is 2.01. The fraction of sp³-hybridized carbons (Fsp3) is 0.917. The van der Waals surface area contributed by atoms with Gasteiger partial charge in [0.1, 0.15) is 0 Å².